The Morgan fingerprint density at radius 2 is 1.43 bits per heavy atom. The van der Waals surface area contributed by atoms with Crippen LogP contribution in [0.5, 0.6) is 0 Å². The lowest BCUT2D eigenvalue weighted by Crippen LogP contribution is -2.38. The monoisotopic (exact) mass is 403 g/mol. The number of carbonyl (C=O) groups is 2. The minimum Gasteiger partial charge on any atom is -0.378 e. The van der Waals surface area contributed by atoms with Gasteiger partial charge >= 0.3 is 0 Å². The van der Waals surface area contributed by atoms with Crippen LogP contribution in [0, 0.1) is 0 Å². The molecule has 0 aliphatic heterocycles. The minimum atomic E-state index is -0.285. The number of Topliss-reactive ketones (excluding diaryl/α,β-unsaturated/α-hetero) is 1. The van der Waals surface area contributed by atoms with Crippen molar-refractivity contribution in [3.63, 3.8) is 0 Å². The van der Waals surface area contributed by atoms with Crippen LogP contribution >= 0.6 is 0 Å². The van der Waals surface area contributed by atoms with Gasteiger partial charge in [-0.2, -0.15) is 0 Å². The fourth-order valence-corrected chi connectivity index (χ4v) is 1.89. The summed E-state index contributed by atoms with van der Waals surface area (Å²) in [6.45, 7) is 14.0. The van der Waals surface area contributed by atoms with Crippen molar-refractivity contribution in [3.05, 3.63) is 0 Å². The lowest BCUT2D eigenvalue weighted by molar-refractivity contribution is -0.130. The van der Waals surface area contributed by atoms with Crippen molar-refractivity contribution in [1.29, 1.82) is 0 Å². The average molecular weight is 404 g/mol. The van der Waals surface area contributed by atoms with Crippen LogP contribution < -0.4 is 10.6 Å². The number of carbonyl (C=O) groups excluding carboxylic acids is 2. The highest BCUT2D eigenvalue weighted by Gasteiger charge is 2.07. The molecule has 9 heteroatoms. The van der Waals surface area contributed by atoms with Crippen molar-refractivity contribution in [2.75, 3.05) is 72.5 Å². The Morgan fingerprint density at radius 3 is 2.00 bits per heavy atom. The fraction of sp³-hybridized carbons (Fsp3) is 0.842. The number of aliphatic imine (C=N–C) groups is 1. The number of hydrogen-bond donors (Lipinski definition) is 2. The van der Waals surface area contributed by atoms with Gasteiger partial charge in [-0.3, -0.25) is 9.59 Å². The van der Waals surface area contributed by atoms with Gasteiger partial charge in [0.25, 0.3) is 0 Å². The van der Waals surface area contributed by atoms with Crippen molar-refractivity contribution in [3.8, 4) is 0 Å². The van der Waals surface area contributed by atoms with E-state index in [4.69, 9.17) is 18.9 Å². The van der Waals surface area contributed by atoms with Crippen LogP contribution in [0.3, 0.4) is 0 Å². The van der Waals surface area contributed by atoms with Gasteiger partial charge in [-0.1, -0.05) is 0 Å². The Bertz CT molecular complexity index is 426. The van der Waals surface area contributed by atoms with Gasteiger partial charge in [-0.05, 0) is 27.5 Å². The molecule has 0 rings (SSSR count). The molecule has 9 nitrogen and oxygen atoms in total. The van der Waals surface area contributed by atoms with E-state index in [2.05, 4.69) is 43.1 Å². The topological polar surface area (TPSA) is 107 Å². The molecule has 0 spiro atoms. The van der Waals surface area contributed by atoms with Crippen LogP contribution in [-0.4, -0.2) is 96.4 Å². The van der Waals surface area contributed by atoms with E-state index in [0.717, 1.165) is 6.54 Å². The first-order valence-electron chi connectivity index (χ1n) is 9.62. The third kappa shape index (κ3) is 20.9. The lowest BCUT2D eigenvalue weighted by Gasteiger charge is -2.20. The lowest BCUT2D eigenvalue weighted by atomic mass is 10.1. The van der Waals surface area contributed by atoms with Crippen molar-refractivity contribution >= 4 is 18.4 Å². The number of ketones is 1. The Hall–Kier alpha value is -1.39. The van der Waals surface area contributed by atoms with Crippen molar-refractivity contribution < 1.29 is 28.5 Å². The molecule has 0 fully saturated rings. The highest BCUT2D eigenvalue weighted by Crippen LogP contribution is 1.96. The smallest absolute Gasteiger partial charge is 0.246 e. The van der Waals surface area contributed by atoms with Gasteiger partial charge in [0, 0.05) is 31.6 Å². The van der Waals surface area contributed by atoms with Crippen LogP contribution in [-0.2, 0) is 28.5 Å². The third-order valence-corrected chi connectivity index (χ3v) is 3.26. The predicted molar refractivity (Wildman–Crippen MR) is 108 cm³/mol. The van der Waals surface area contributed by atoms with Gasteiger partial charge in [-0.15, -0.1) is 0 Å². The zero-order valence-corrected chi connectivity index (χ0v) is 17.6. The molecule has 0 bridgehead atoms. The molecule has 0 heterocycles. The Kier molecular flexibility index (Phi) is 16.8. The minimum absolute atomic E-state index is 0.0897. The summed E-state index contributed by atoms with van der Waals surface area (Å²) in [5, 5.41) is 5.99. The normalized spacial score (nSPS) is 11.4. The van der Waals surface area contributed by atoms with E-state index in [1.54, 1.807) is 0 Å². The summed E-state index contributed by atoms with van der Waals surface area (Å²) in [6.07, 6.45) is 0.279. The summed E-state index contributed by atoms with van der Waals surface area (Å²) in [5.41, 5.74) is 0.103. The van der Waals surface area contributed by atoms with E-state index >= 15 is 0 Å². The number of ether oxygens (including phenoxy) is 4. The molecular weight excluding hydrogens is 366 g/mol. The molecule has 0 aromatic heterocycles. The first-order valence-corrected chi connectivity index (χ1v) is 9.62. The quantitative estimate of drug-likeness (QED) is 0.235. The van der Waals surface area contributed by atoms with E-state index in [0.29, 0.717) is 52.7 Å². The Balaban J connectivity index is 3.27. The van der Waals surface area contributed by atoms with Crippen LogP contribution in [0.15, 0.2) is 4.99 Å². The van der Waals surface area contributed by atoms with Gasteiger partial charge in [0.1, 0.15) is 13.2 Å². The second-order valence-corrected chi connectivity index (χ2v) is 7.09. The summed E-state index contributed by atoms with van der Waals surface area (Å²) in [6, 6.07) is 0. The highest BCUT2D eigenvalue weighted by atomic mass is 16.5. The van der Waals surface area contributed by atoms with Crippen LogP contribution in [0.25, 0.3) is 0 Å². The second kappa shape index (κ2) is 17.7. The van der Waals surface area contributed by atoms with Gasteiger partial charge in [-0.25, -0.2) is 0 Å². The van der Waals surface area contributed by atoms with Gasteiger partial charge < -0.3 is 34.6 Å². The molecule has 0 radical (unpaired) electrons. The zero-order chi connectivity index (χ0) is 21.1. The van der Waals surface area contributed by atoms with Crippen LogP contribution in [0.2, 0.25) is 0 Å². The molecule has 0 aromatic rings. The molecule has 0 atom stereocenters. The van der Waals surface area contributed by atoms with Gasteiger partial charge in [0.15, 0.2) is 5.78 Å². The maximum absolute atomic E-state index is 11.5. The Labute approximate surface area is 168 Å². The summed E-state index contributed by atoms with van der Waals surface area (Å²) >= 11 is 0. The van der Waals surface area contributed by atoms with E-state index in [9.17, 15) is 9.59 Å². The standard InChI is InChI=1S/C19H37N3O6/c1-19(2,3)22-8-10-26-12-14-27-13-11-25-9-7-21-18(24)16-28-15-17(23)5-6-20-4/h22H,4-16H2,1-3H3,(H,21,24). The first kappa shape index (κ1) is 26.6. The van der Waals surface area contributed by atoms with Crippen molar-refractivity contribution in [2.24, 2.45) is 4.99 Å². The van der Waals surface area contributed by atoms with Gasteiger partial charge in [0.05, 0.1) is 39.6 Å². The van der Waals surface area contributed by atoms with Crippen molar-refractivity contribution in [2.45, 2.75) is 32.7 Å². The first-order chi connectivity index (χ1) is 13.3. The number of nitrogens with zero attached hydrogens (tertiary/aromatic N) is 1. The zero-order valence-electron chi connectivity index (χ0n) is 17.6. The largest absolute Gasteiger partial charge is 0.378 e. The molecule has 2 N–H and O–H groups in total. The molecule has 1 amide bonds. The molecule has 0 aliphatic rings. The van der Waals surface area contributed by atoms with Crippen LogP contribution in [0.1, 0.15) is 27.2 Å². The summed E-state index contributed by atoms with van der Waals surface area (Å²) in [5.74, 6) is -0.386. The van der Waals surface area contributed by atoms with E-state index < -0.39 is 0 Å². The fourth-order valence-electron chi connectivity index (χ4n) is 1.89. The molecule has 164 valence electrons. The molecule has 0 aromatic carbocycles. The third-order valence-electron chi connectivity index (χ3n) is 3.26. The van der Waals surface area contributed by atoms with Crippen molar-refractivity contribution in [1.82, 2.24) is 10.6 Å². The van der Waals surface area contributed by atoms with E-state index in [1.807, 2.05) is 0 Å². The summed E-state index contributed by atoms with van der Waals surface area (Å²) in [4.78, 5) is 26.4. The molecule has 0 unspecified atom stereocenters. The molecule has 0 saturated carbocycles. The number of rotatable bonds is 19. The van der Waals surface area contributed by atoms with E-state index in [-0.39, 0.29) is 36.9 Å². The predicted octanol–water partition coefficient (Wildman–Crippen LogP) is 0.217. The maximum atomic E-state index is 11.5. The number of amides is 1. The molecular formula is C19H37N3O6. The summed E-state index contributed by atoms with van der Waals surface area (Å²) in [7, 11) is 0. The highest BCUT2D eigenvalue weighted by molar-refractivity contribution is 5.81. The van der Waals surface area contributed by atoms with Gasteiger partial charge in [0.2, 0.25) is 5.91 Å². The van der Waals surface area contributed by atoms with Crippen LogP contribution in [0.4, 0.5) is 0 Å². The summed E-state index contributed by atoms with van der Waals surface area (Å²) < 4.78 is 21.2. The number of hydrogen-bond acceptors (Lipinski definition) is 8. The number of nitrogens with one attached hydrogen (secondary N) is 2. The molecule has 0 saturated heterocycles. The second-order valence-electron chi connectivity index (χ2n) is 7.09. The molecule has 28 heavy (non-hydrogen) atoms. The Morgan fingerprint density at radius 1 is 0.857 bits per heavy atom. The SMILES string of the molecule is C=NCCC(=O)COCC(=O)NCCOCCOCCOCCNC(C)(C)C. The average Bonchev–Trinajstić information content (AvgIpc) is 2.62. The maximum Gasteiger partial charge on any atom is 0.246 e. The molecule has 0 aliphatic carbocycles. The van der Waals surface area contributed by atoms with E-state index in [1.165, 1.54) is 0 Å².